The molecule has 1 aromatic rings. The molecule has 31 heavy (non-hydrogen) atoms. The number of carbonyl (C=O) groups is 2. The van der Waals surface area contributed by atoms with Crippen molar-refractivity contribution < 1.29 is 14.7 Å². The van der Waals surface area contributed by atoms with Crippen molar-refractivity contribution in [1.29, 1.82) is 0 Å². The zero-order valence-electron chi connectivity index (χ0n) is 20.1. The number of primary amides is 1. The molecule has 0 aliphatic carbocycles. The fraction of sp³-hybridized carbons (Fsp3) is 0.692. The number of aryl methyl sites for hydroxylation is 1. The van der Waals surface area contributed by atoms with E-state index in [-0.39, 0.29) is 40.7 Å². The zero-order chi connectivity index (χ0) is 22.0. The standard InChI is InChI=1S/C26H43NO3.Na/c1-2-3-4-5-6-7-8-9-10-11-12-13-14-15-16-17-19-22-20-18-21-23(26(29)30)24(22)25(27)28;/h18,20-21H,2-17,19H2,1H3,(H2,27,28)(H,29,30);. The molecule has 0 fully saturated rings. The number of amides is 1. The molecule has 1 amide bonds. The number of nitrogens with two attached hydrogens (primary N) is 1. The number of aromatic carboxylic acids is 1. The largest absolute Gasteiger partial charge is 0.478 e. The molecule has 0 unspecified atom stereocenters. The van der Waals surface area contributed by atoms with Crippen molar-refractivity contribution in [2.75, 3.05) is 0 Å². The Kier molecular flexibility index (Phi) is 19.3. The summed E-state index contributed by atoms with van der Waals surface area (Å²) in [6.45, 7) is 2.27. The maximum absolute atomic E-state index is 11.7. The first-order valence-electron chi connectivity index (χ1n) is 12.2. The van der Waals surface area contributed by atoms with Gasteiger partial charge in [-0.3, -0.25) is 4.79 Å². The second-order valence-electron chi connectivity index (χ2n) is 8.56. The number of benzene rings is 1. The summed E-state index contributed by atoms with van der Waals surface area (Å²) in [7, 11) is 0. The Bertz CT molecular complexity index is 619. The number of hydrogen-bond acceptors (Lipinski definition) is 2. The number of hydrogen-bond donors (Lipinski definition) is 2. The fourth-order valence-corrected chi connectivity index (χ4v) is 4.14. The average Bonchev–Trinajstić information content (AvgIpc) is 2.73. The minimum atomic E-state index is -1.10. The first kappa shape index (κ1) is 30.2. The third kappa shape index (κ3) is 14.0. The van der Waals surface area contributed by atoms with E-state index in [2.05, 4.69) is 6.92 Å². The molecule has 4 nitrogen and oxygen atoms in total. The molecule has 0 atom stereocenters. The van der Waals surface area contributed by atoms with Crippen LogP contribution in [0.4, 0.5) is 0 Å². The molecule has 0 spiro atoms. The molecule has 1 aromatic carbocycles. The molecular formula is C26H43NNaO3. The van der Waals surface area contributed by atoms with Crippen molar-refractivity contribution in [3.05, 3.63) is 34.9 Å². The monoisotopic (exact) mass is 440 g/mol. The first-order valence-corrected chi connectivity index (χ1v) is 12.2. The van der Waals surface area contributed by atoms with Crippen molar-refractivity contribution in [3.8, 4) is 0 Å². The van der Waals surface area contributed by atoms with Crippen LogP contribution in [0.2, 0.25) is 0 Å². The van der Waals surface area contributed by atoms with Crippen LogP contribution in [0.3, 0.4) is 0 Å². The predicted octanol–water partition coefficient (Wildman–Crippen LogP) is 6.91. The summed E-state index contributed by atoms with van der Waals surface area (Å²) in [5.41, 5.74) is 6.35. The summed E-state index contributed by atoms with van der Waals surface area (Å²) in [6, 6.07) is 4.95. The Balaban J connectivity index is 0.00000900. The van der Waals surface area contributed by atoms with Gasteiger partial charge in [-0.15, -0.1) is 0 Å². The van der Waals surface area contributed by atoms with E-state index >= 15 is 0 Å². The molecule has 0 aromatic heterocycles. The van der Waals surface area contributed by atoms with E-state index in [1.807, 2.05) is 6.07 Å². The number of carbonyl (C=O) groups excluding carboxylic acids is 1. The molecular weight excluding hydrogens is 397 g/mol. The minimum absolute atomic E-state index is 0. The van der Waals surface area contributed by atoms with Gasteiger partial charge in [0, 0.05) is 29.6 Å². The second-order valence-corrected chi connectivity index (χ2v) is 8.56. The third-order valence-electron chi connectivity index (χ3n) is 5.93. The van der Waals surface area contributed by atoms with Gasteiger partial charge in [0.25, 0.3) is 0 Å². The summed E-state index contributed by atoms with van der Waals surface area (Å²) in [5, 5.41) is 9.24. The molecule has 0 saturated heterocycles. The van der Waals surface area contributed by atoms with Crippen LogP contribution in [-0.4, -0.2) is 46.5 Å². The van der Waals surface area contributed by atoms with Crippen LogP contribution in [0.15, 0.2) is 18.2 Å². The van der Waals surface area contributed by atoms with E-state index in [0.29, 0.717) is 6.42 Å². The Hall–Kier alpha value is -0.840. The molecule has 0 aliphatic rings. The van der Waals surface area contributed by atoms with Gasteiger partial charge in [0.15, 0.2) is 0 Å². The van der Waals surface area contributed by atoms with Crippen LogP contribution in [0.25, 0.3) is 0 Å². The van der Waals surface area contributed by atoms with Crippen LogP contribution < -0.4 is 5.73 Å². The van der Waals surface area contributed by atoms with Crippen molar-refractivity contribution in [2.45, 2.75) is 116 Å². The average molecular weight is 441 g/mol. The Morgan fingerprint density at radius 2 is 1.16 bits per heavy atom. The predicted molar refractivity (Wildman–Crippen MR) is 131 cm³/mol. The molecule has 0 bridgehead atoms. The van der Waals surface area contributed by atoms with Crippen LogP contribution in [0, 0.1) is 0 Å². The van der Waals surface area contributed by atoms with E-state index in [0.717, 1.165) is 18.4 Å². The van der Waals surface area contributed by atoms with Gasteiger partial charge >= 0.3 is 5.97 Å². The molecule has 0 saturated carbocycles. The maximum Gasteiger partial charge on any atom is 0.336 e. The molecule has 0 aliphatic heterocycles. The van der Waals surface area contributed by atoms with E-state index in [4.69, 9.17) is 5.73 Å². The normalized spacial score (nSPS) is 10.6. The third-order valence-corrected chi connectivity index (χ3v) is 5.93. The summed E-state index contributed by atoms with van der Waals surface area (Å²) in [4.78, 5) is 23.0. The summed E-state index contributed by atoms with van der Waals surface area (Å²) < 4.78 is 0. The van der Waals surface area contributed by atoms with E-state index < -0.39 is 11.9 Å². The van der Waals surface area contributed by atoms with E-state index in [9.17, 15) is 14.7 Å². The summed E-state index contributed by atoms with van der Waals surface area (Å²) >= 11 is 0. The number of rotatable bonds is 19. The minimum Gasteiger partial charge on any atom is -0.478 e. The molecule has 1 radical (unpaired) electrons. The Morgan fingerprint density at radius 3 is 1.55 bits per heavy atom. The van der Waals surface area contributed by atoms with Crippen LogP contribution >= 0.6 is 0 Å². The van der Waals surface area contributed by atoms with Gasteiger partial charge in [0.2, 0.25) is 5.91 Å². The molecule has 171 valence electrons. The first-order chi connectivity index (χ1) is 14.6. The van der Waals surface area contributed by atoms with Crippen molar-refractivity contribution in [3.63, 3.8) is 0 Å². The summed E-state index contributed by atoms with van der Waals surface area (Å²) in [6.07, 6.45) is 21.8. The van der Waals surface area contributed by atoms with Crippen LogP contribution in [0.1, 0.15) is 136 Å². The van der Waals surface area contributed by atoms with Crippen LogP contribution in [0.5, 0.6) is 0 Å². The van der Waals surface area contributed by atoms with Gasteiger partial charge in [-0.1, -0.05) is 115 Å². The quantitative estimate of drug-likeness (QED) is 0.181. The van der Waals surface area contributed by atoms with Gasteiger partial charge in [0.05, 0.1) is 11.1 Å². The van der Waals surface area contributed by atoms with Crippen molar-refractivity contribution in [1.82, 2.24) is 0 Å². The van der Waals surface area contributed by atoms with Gasteiger partial charge in [-0.05, 0) is 24.5 Å². The van der Waals surface area contributed by atoms with Crippen molar-refractivity contribution in [2.24, 2.45) is 5.73 Å². The molecule has 0 heterocycles. The SMILES string of the molecule is CCCCCCCCCCCCCCCCCCc1cccc(C(=O)O)c1C(N)=O.[Na]. The van der Waals surface area contributed by atoms with Gasteiger partial charge in [-0.25, -0.2) is 4.79 Å². The van der Waals surface area contributed by atoms with Gasteiger partial charge < -0.3 is 10.8 Å². The zero-order valence-corrected chi connectivity index (χ0v) is 22.1. The van der Waals surface area contributed by atoms with Gasteiger partial charge in [-0.2, -0.15) is 0 Å². The van der Waals surface area contributed by atoms with Crippen molar-refractivity contribution >= 4 is 41.4 Å². The molecule has 1 rings (SSSR count). The topological polar surface area (TPSA) is 80.4 Å². The fourth-order valence-electron chi connectivity index (χ4n) is 4.14. The number of carboxylic acid groups (broad SMARTS) is 1. The number of carboxylic acids is 1. The van der Waals surface area contributed by atoms with Gasteiger partial charge in [0.1, 0.15) is 0 Å². The molecule has 3 N–H and O–H groups in total. The smallest absolute Gasteiger partial charge is 0.336 e. The Morgan fingerprint density at radius 1 is 0.742 bits per heavy atom. The number of unbranched alkanes of at least 4 members (excludes halogenated alkanes) is 15. The second kappa shape index (κ2) is 19.8. The van der Waals surface area contributed by atoms with E-state index in [1.54, 1.807) is 6.07 Å². The van der Waals surface area contributed by atoms with E-state index in [1.165, 1.54) is 96.0 Å². The molecule has 5 heteroatoms. The Labute approximate surface area is 212 Å². The maximum atomic E-state index is 11.7. The van der Waals surface area contributed by atoms with Crippen LogP contribution in [-0.2, 0) is 6.42 Å². The summed E-state index contributed by atoms with van der Waals surface area (Å²) in [5.74, 6) is -1.75.